The van der Waals surface area contributed by atoms with Crippen molar-refractivity contribution in [2.75, 3.05) is 6.54 Å². The Balaban J connectivity index is 1.65. The Morgan fingerprint density at radius 3 is 2.55 bits per heavy atom. The van der Waals surface area contributed by atoms with Crippen LogP contribution >= 0.6 is 11.6 Å². The Morgan fingerprint density at radius 1 is 1.17 bits per heavy atom. The summed E-state index contributed by atoms with van der Waals surface area (Å²) in [6, 6.07) is 19.0. The summed E-state index contributed by atoms with van der Waals surface area (Å²) >= 11 is 6.00. The minimum atomic E-state index is -0.0190. The molecule has 6 heteroatoms. The summed E-state index contributed by atoms with van der Waals surface area (Å²) in [5, 5.41) is 14.4. The van der Waals surface area contributed by atoms with E-state index in [1.165, 1.54) is 0 Å². The Labute approximate surface area is 175 Å². The van der Waals surface area contributed by atoms with E-state index < -0.39 is 0 Å². The first-order valence-electron chi connectivity index (χ1n) is 9.73. The molecule has 5 nitrogen and oxygen atoms in total. The molecule has 1 amide bonds. The normalized spacial score (nSPS) is 15.8. The molecule has 0 spiro atoms. The monoisotopic (exact) mass is 404 g/mol. The standard InChI is InChI=1S/C23H21ClN4O/c1-2-3-20-15-27(14-17-6-4-16(13-25)5-7-17)23(29)22-12-21(26-28(20)22)18-8-10-19(24)11-9-18/h4-12,20H,2-3,14-15H2,1H3. The average molecular weight is 405 g/mol. The Hall–Kier alpha value is -3.10. The second kappa shape index (κ2) is 8.10. The zero-order valence-electron chi connectivity index (χ0n) is 16.2. The van der Waals surface area contributed by atoms with Gasteiger partial charge < -0.3 is 4.90 Å². The fourth-order valence-corrected chi connectivity index (χ4v) is 3.89. The van der Waals surface area contributed by atoms with E-state index in [0.717, 1.165) is 29.7 Å². The van der Waals surface area contributed by atoms with E-state index in [0.29, 0.717) is 29.4 Å². The van der Waals surface area contributed by atoms with E-state index >= 15 is 0 Å². The molecule has 0 aliphatic carbocycles. The van der Waals surface area contributed by atoms with E-state index in [4.69, 9.17) is 22.0 Å². The molecule has 1 aliphatic heterocycles. The van der Waals surface area contributed by atoms with Gasteiger partial charge in [-0.05, 0) is 42.3 Å². The van der Waals surface area contributed by atoms with Gasteiger partial charge in [-0.15, -0.1) is 0 Å². The lowest BCUT2D eigenvalue weighted by molar-refractivity contribution is 0.0636. The number of nitrogens with zero attached hydrogens (tertiary/aromatic N) is 4. The van der Waals surface area contributed by atoms with E-state index in [2.05, 4.69) is 13.0 Å². The molecule has 2 aromatic carbocycles. The van der Waals surface area contributed by atoms with Gasteiger partial charge in [0.1, 0.15) is 5.69 Å². The van der Waals surface area contributed by atoms with Crippen molar-refractivity contribution in [2.45, 2.75) is 32.4 Å². The van der Waals surface area contributed by atoms with E-state index in [1.807, 2.05) is 52.0 Å². The lowest BCUT2D eigenvalue weighted by Gasteiger charge is -2.33. The maximum atomic E-state index is 13.2. The molecule has 0 fully saturated rings. The predicted molar refractivity (Wildman–Crippen MR) is 113 cm³/mol. The average Bonchev–Trinajstić information content (AvgIpc) is 3.19. The van der Waals surface area contributed by atoms with Crippen molar-refractivity contribution in [2.24, 2.45) is 0 Å². The van der Waals surface area contributed by atoms with Crippen LogP contribution in [0.5, 0.6) is 0 Å². The number of halogens is 1. The van der Waals surface area contributed by atoms with Gasteiger partial charge in [-0.25, -0.2) is 0 Å². The van der Waals surface area contributed by atoms with Gasteiger partial charge in [0.15, 0.2) is 0 Å². The Morgan fingerprint density at radius 2 is 1.90 bits per heavy atom. The highest BCUT2D eigenvalue weighted by Crippen LogP contribution is 2.30. The molecule has 1 aromatic heterocycles. The van der Waals surface area contributed by atoms with Gasteiger partial charge >= 0.3 is 0 Å². The van der Waals surface area contributed by atoms with Crippen molar-refractivity contribution in [1.82, 2.24) is 14.7 Å². The number of carbonyl (C=O) groups excluding carboxylic acids is 1. The molecule has 0 saturated carbocycles. The minimum Gasteiger partial charge on any atom is -0.331 e. The summed E-state index contributed by atoms with van der Waals surface area (Å²) in [6.07, 6.45) is 1.96. The zero-order chi connectivity index (χ0) is 20.4. The fraction of sp³-hybridized carbons (Fsp3) is 0.261. The van der Waals surface area contributed by atoms with Crippen LogP contribution in [0.1, 0.15) is 47.4 Å². The number of benzene rings is 2. The fourth-order valence-electron chi connectivity index (χ4n) is 3.76. The van der Waals surface area contributed by atoms with Crippen molar-refractivity contribution in [3.8, 4) is 17.3 Å². The maximum absolute atomic E-state index is 13.2. The predicted octanol–water partition coefficient (Wildman–Crippen LogP) is 5.07. The number of nitriles is 1. The molecule has 0 bridgehead atoms. The van der Waals surface area contributed by atoms with E-state index in [1.54, 1.807) is 12.1 Å². The van der Waals surface area contributed by atoms with Crippen LogP contribution in [0, 0.1) is 11.3 Å². The smallest absolute Gasteiger partial charge is 0.272 e. The third kappa shape index (κ3) is 3.90. The number of carbonyl (C=O) groups is 1. The first kappa shape index (κ1) is 19.2. The summed E-state index contributed by atoms with van der Waals surface area (Å²) in [5.74, 6) is -0.0190. The van der Waals surface area contributed by atoms with Gasteiger partial charge in [0.2, 0.25) is 0 Å². The van der Waals surface area contributed by atoms with Gasteiger partial charge in [-0.1, -0.05) is 49.2 Å². The van der Waals surface area contributed by atoms with Crippen molar-refractivity contribution >= 4 is 17.5 Å². The maximum Gasteiger partial charge on any atom is 0.272 e. The number of fused-ring (bicyclic) bond motifs is 1. The van der Waals surface area contributed by atoms with Crippen LogP contribution in [0.15, 0.2) is 54.6 Å². The summed E-state index contributed by atoms with van der Waals surface area (Å²) < 4.78 is 1.89. The van der Waals surface area contributed by atoms with Crippen LogP contribution in [0.4, 0.5) is 0 Å². The number of amides is 1. The molecule has 0 saturated heterocycles. The minimum absolute atomic E-state index is 0.0190. The molecule has 1 unspecified atom stereocenters. The Bertz CT molecular complexity index is 1060. The van der Waals surface area contributed by atoms with Crippen LogP contribution in [-0.2, 0) is 6.54 Å². The second-order valence-electron chi connectivity index (χ2n) is 7.30. The van der Waals surface area contributed by atoms with Crippen molar-refractivity contribution < 1.29 is 4.79 Å². The van der Waals surface area contributed by atoms with Crippen LogP contribution in [-0.4, -0.2) is 27.1 Å². The summed E-state index contributed by atoms with van der Waals surface area (Å²) in [7, 11) is 0. The molecular formula is C23H21ClN4O. The van der Waals surface area contributed by atoms with Crippen molar-refractivity contribution in [3.63, 3.8) is 0 Å². The highest BCUT2D eigenvalue weighted by Gasteiger charge is 2.32. The van der Waals surface area contributed by atoms with E-state index in [9.17, 15) is 4.79 Å². The van der Waals surface area contributed by atoms with Crippen LogP contribution in [0.25, 0.3) is 11.3 Å². The zero-order valence-corrected chi connectivity index (χ0v) is 16.9. The molecule has 2 heterocycles. The topological polar surface area (TPSA) is 61.9 Å². The van der Waals surface area contributed by atoms with Crippen molar-refractivity contribution in [3.05, 3.63) is 76.4 Å². The SMILES string of the molecule is CCCC1CN(Cc2ccc(C#N)cc2)C(=O)c2cc(-c3ccc(Cl)cc3)nn21. The summed E-state index contributed by atoms with van der Waals surface area (Å²) in [6.45, 7) is 3.29. The first-order chi connectivity index (χ1) is 14.1. The highest BCUT2D eigenvalue weighted by molar-refractivity contribution is 6.30. The molecular weight excluding hydrogens is 384 g/mol. The van der Waals surface area contributed by atoms with Crippen molar-refractivity contribution in [1.29, 1.82) is 5.26 Å². The molecule has 0 N–H and O–H groups in total. The van der Waals surface area contributed by atoms with Crippen LogP contribution < -0.4 is 0 Å². The van der Waals surface area contributed by atoms with Gasteiger partial charge in [0.05, 0.1) is 23.4 Å². The largest absolute Gasteiger partial charge is 0.331 e. The quantitative estimate of drug-likeness (QED) is 0.596. The molecule has 3 aromatic rings. The number of hydrogen-bond donors (Lipinski definition) is 0. The lowest BCUT2D eigenvalue weighted by atomic mass is 10.1. The van der Waals surface area contributed by atoms with E-state index in [-0.39, 0.29) is 11.9 Å². The molecule has 1 atom stereocenters. The molecule has 1 aliphatic rings. The lowest BCUT2D eigenvalue weighted by Crippen LogP contribution is -2.42. The molecule has 0 radical (unpaired) electrons. The van der Waals surface area contributed by atoms with Gasteiger partial charge in [0.25, 0.3) is 5.91 Å². The van der Waals surface area contributed by atoms with Gasteiger partial charge in [-0.3, -0.25) is 9.48 Å². The number of rotatable bonds is 5. The third-order valence-electron chi connectivity index (χ3n) is 5.24. The van der Waals surface area contributed by atoms with Gasteiger partial charge in [-0.2, -0.15) is 10.4 Å². The first-order valence-corrected chi connectivity index (χ1v) is 10.1. The van der Waals surface area contributed by atoms with Crippen LogP contribution in [0.3, 0.4) is 0 Å². The number of aromatic nitrogens is 2. The number of hydrogen-bond acceptors (Lipinski definition) is 3. The molecule has 29 heavy (non-hydrogen) atoms. The second-order valence-corrected chi connectivity index (χ2v) is 7.74. The summed E-state index contributed by atoms with van der Waals surface area (Å²) in [5.41, 5.74) is 3.98. The highest BCUT2D eigenvalue weighted by atomic mass is 35.5. The van der Waals surface area contributed by atoms with Crippen LogP contribution in [0.2, 0.25) is 5.02 Å². The molecule has 4 rings (SSSR count). The third-order valence-corrected chi connectivity index (χ3v) is 5.49. The summed E-state index contributed by atoms with van der Waals surface area (Å²) in [4.78, 5) is 15.1. The Kier molecular flexibility index (Phi) is 5.37. The van der Waals surface area contributed by atoms with Gasteiger partial charge in [0, 0.05) is 23.7 Å². The molecule has 146 valence electrons.